The summed E-state index contributed by atoms with van der Waals surface area (Å²) in [6.45, 7) is 3.96. The minimum atomic E-state index is -0.740. The zero-order valence-electron chi connectivity index (χ0n) is 25.7. The number of rotatable bonds is 23. The van der Waals surface area contributed by atoms with E-state index < -0.39 is 5.60 Å². The molecule has 0 aliphatic rings. The molecule has 0 aliphatic heterocycles. The predicted octanol–water partition coefficient (Wildman–Crippen LogP) is 9.82. The van der Waals surface area contributed by atoms with Gasteiger partial charge in [-0.05, 0) is 23.1 Å². The summed E-state index contributed by atoms with van der Waals surface area (Å²) in [5, 5.41) is 0. The van der Waals surface area contributed by atoms with Crippen molar-refractivity contribution >= 4 is 0 Å². The Morgan fingerprint density at radius 2 is 0.878 bits per heavy atom. The summed E-state index contributed by atoms with van der Waals surface area (Å²) in [6.07, 6.45) is 19.1. The van der Waals surface area contributed by atoms with Crippen molar-refractivity contribution in [2.45, 2.75) is 108 Å². The molecule has 1 atom stereocenters. The van der Waals surface area contributed by atoms with Gasteiger partial charge in [-0.25, -0.2) is 0 Å². The van der Waals surface area contributed by atoms with E-state index in [4.69, 9.17) is 15.2 Å². The predicted molar refractivity (Wildman–Crippen MR) is 174 cm³/mol. The van der Waals surface area contributed by atoms with E-state index in [0.717, 1.165) is 29.7 Å². The smallest absolute Gasteiger partial charge is 0.143 e. The lowest BCUT2D eigenvalue weighted by atomic mass is 9.80. The first-order valence-electron chi connectivity index (χ1n) is 16.4. The molecular weight excluding hydrogens is 502 g/mol. The van der Waals surface area contributed by atoms with Gasteiger partial charge < -0.3 is 15.2 Å². The van der Waals surface area contributed by atoms with Gasteiger partial charge in [0.05, 0.1) is 19.3 Å². The quantitative estimate of drug-likeness (QED) is 0.0932. The second-order valence-corrected chi connectivity index (χ2v) is 11.5. The Balaban J connectivity index is 1.36. The van der Waals surface area contributed by atoms with Crippen LogP contribution in [0.1, 0.15) is 114 Å². The van der Waals surface area contributed by atoms with Gasteiger partial charge >= 0.3 is 0 Å². The average molecular weight is 558 g/mol. The Morgan fingerprint density at radius 3 is 1.27 bits per heavy atom. The summed E-state index contributed by atoms with van der Waals surface area (Å²) in [5.41, 5.74) is 9.06. The highest BCUT2D eigenvalue weighted by atomic mass is 16.5. The maximum Gasteiger partial charge on any atom is 0.143 e. The van der Waals surface area contributed by atoms with Crippen LogP contribution >= 0.6 is 0 Å². The molecule has 0 amide bonds. The number of unbranched alkanes of at least 4 members (excludes halogenated alkanes) is 13. The van der Waals surface area contributed by atoms with E-state index in [1.54, 1.807) is 0 Å². The van der Waals surface area contributed by atoms with Crippen molar-refractivity contribution in [3.05, 3.63) is 108 Å². The van der Waals surface area contributed by atoms with Crippen molar-refractivity contribution in [1.29, 1.82) is 0 Å². The first-order valence-corrected chi connectivity index (χ1v) is 16.4. The van der Waals surface area contributed by atoms with Gasteiger partial charge in [0, 0.05) is 6.61 Å². The minimum absolute atomic E-state index is 0.197. The molecular formula is C38H55NO2. The maximum atomic E-state index is 6.82. The van der Waals surface area contributed by atoms with Crippen LogP contribution in [0.2, 0.25) is 0 Å². The van der Waals surface area contributed by atoms with Crippen LogP contribution in [0.4, 0.5) is 0 Å². The number of benzene rings is 3. The van der Waals surface area contributed by atoms with Gasteiger partial charge in [0.1, 0.15) is 5.60 Å². The standard InChI is InChI=1S/C38H55NO2/c1-2-3-4-5-6-7-8-9-10-11-12-13-14-24-31-40-32-37(39)33-41-38(34-25-18-15-19-26-34,35-27-20-16-21-28-35)36-29-22-17-23-30-36/h15-23,25-30,37H,2-14,24,31-33,39H2,1H3. The summed E-state index contributed by atoms with van der Waals surface area (Å²) in [4.78, 5) is 0. The molecule has 1 unspecified atom stereocenters. The van der Waals surface area contributed by atoms with Crippen LogP contribution in [0.5, 0.6) is 0 Å². The molecule has 224 valence electrons. The summed E-state index contributed by atoms with van der Waals surface area (Å²) in [5.74, 6) is 0. The highest BCUT2D eigenvalue weighted by Crippen LogP contribution is 2.40. The summed E-state index contributed by atoms with van der Waals surface area (Å²) in [6, 6.07) is 31.2. The second kappa shape index (κ2) is 20.4. The molecule has 0 radical (unpaired) electrons. The Hall–Kier alpha value is -2.46. The van der Waals surface area contributed by atoms with Crippen LogP contribution in [0, 0.1) is 0 Å². The number of hydrogen-bond acceptors (Lipinski definition) is 3. The number of hydrogen-bond donors (Lipinski definition) is 1. The van der Waals surface area contributed by atoms with Crippen LogP contribution in [0.25, 0.3) is 0 Å². The highest BCUT2D eigenvalue weighted by molar-refractivity contribution is 5.47. The van der Waals surface area contributed by atoms with Crippen LogP contribution in [0.3, 0.4) is 0 Å². The molecule has 3 aromatic carbocycles. The molecule has 0 aromatic heterocycles. The highest BCUT2D eigenvalue weighted by Gasteiger charge is 2.37. The van der Waals surface area contributed by atoms with E-state index in [0.29, 0.717) is 13.2 Å². The molecule has 41 heavy (non-hydrogen) atoms. The van der Waals surface area contributed by atoms with Crippen LogP contribution < -0.4 is 5.73 Å². The third-order valence-electron chi connectivity index (χ3n) is 8.03. The van der Waals surface area contributed by atoms with E-state index >= 15 is 0 Å². The van der Waals surface area contributed by atoms with E-state index in [9.17, 15) is 0 Å². The summed E-state index contributed by atoms with van der Waals surface area (Å²) < 4.78 is 12.8. The average Bonchev–Trinajstić information content (AvgIpc) is 3.03. The van der Waals surface area contributed by atoms with Crippen LogP contribution in [-0.2, 0) is 15.1 Å². The largest absolute Gasteiger partial charge is 0.380 e. The first-order chi connectivity index (χ1) is 20.3. The van der Waals surface area contributed by atoms with Crippen molar-refractivity contribution < 1.29 is 9.47 Å². The van der Waals surface area contributed by atoms with E-state index in [1.807, 2.05) is 18.2 Å². The van der Waals surface area contributed by atoms with Gasteiger partial charge in [-0.3, -0.25) is 0 Å². The molecule has 0 bridgehead atoms. The van der Waals surface area contributed by atoms with Gasteiger partial charge in [0.15, 0.2) is 0 Å². The Morgan fingerprint density at radius 1 is 0.512 bits per heavy atom. The second-order valence-electron chi connectivity index (χ2n) is 11.5. The zero-order valence-corrected chi connectivity index (χ0v) is 25.7. The van der Waals surface area contributed by atoms with Gasteiger partial charge in [0.2, 0.25) is 0 Å². The molecule has 3 nitrogen and oxygen atoms in total. The third-order valence-corrected chi connectivity index (χ3v) is 8.03. The van der Waals surface area contributed by atoms with Crippen molar-refractivity contribution in [2.75, 3.05) is 19.8 Å². The maximum absolute atomic E-state index is 6.82. The van der Waals surface area contributed by atoms with E-state index in [2.05, 4.69) is 79.7 Å². The minimum Gasteiger partial charge on any atom is -0.380 e. The molecule has 2 N–H and O–H groups in total. The van der Waals surface area contributed by atoms with E-state index in [1.165, 1.54) is 83.5 Å². The SMILES string of the molecule is CCCCCCCCCCCCCCCCOCC(N)COC(c1ccccc1)(c1ccccc1)c1ccccc1. The number of ether oxygens (including phenoxy) is 2. The van der Waals surface area contributed by atoms with Crippen molar-refractivity contribution in [3.8, 4) is 0 Å². The summed E-state index contributed by atoms with van der Waals surface area (Å²) >= 11 is 0. The van der Waals surface area contributed by atoms with Crippen LogP contribution in [-0.4, -0.2) is 25.9 Å². The summed E-state index contributed by atoms with van der Waals surface area (Å²) in [7, 11) is 0. The van der Waals surface area contributed by atoms with Gasteiger partial charge in [-0.15, -0.1) is 0 Å². The lowest BCUT2D eigenvalue weighted by Crippen LogP contribution is -2.39. The van der Waals surface area contributed by atoms with E-state index in [-0.39, 0.29) is 6.04 Å². The third kappa shape index (κ3) is 11.7. The topological polar surface area (TPSA) is 44.5 Å². The molecule has 3 aromatic rings. The van der Waals surface area contributed by atoms with Crippen LogP contribution in [0.15, 0.2) is 91.0 Å². The number of nitrogens with two attached hydrogens (primary N) is 1. The molecule has 3 rings (SSSR count). The monoisotopic (exact) mass is 557 g/mol. The lowest BCUT2D eigenvalue weighted by Gasteiger charge is -2.36. The van der Waals surface area contributed by atoms with Gasteiger partial charge in [-0.1, -0.05) is 181 Å². The Bertz CT molecular complexity index is 912. The molecule has 0 fully saturated rings. The zero-order chi connectivity index (χ0) is 28.9. The Labute approximate surface area is 250 Å². The molecule has 0 saturated carbocycles. The van der Waals surface area contributed by atoms with Crippen molar-refractivity contribution in [3.63, 3.8) is 0 Å². The lowest BCUT2D eigenvalue weighted by molar-refractivity contribution is -0.00982. The molecule has 0 spiro atoms. The van der Waals surface area contributed by atoms with Crippen molar-refractivity contribution in [1.82, 2.24) is 0 Å². The normalized spacial score (nSPS) is 12.4. The van der Waals surface area contributed by atoms with Gasteiger partial charge in [0.25, 0.3) is 0 Å². The molecule has 0 saturated heterocycles. The molecule has 0 heterocycles. The Kier molecular flexibility index (Phi) is 16.5. The fraction of sp³-hybridized carbons (Fsp3) is 0.526. The first kappa shape index (κ1) is 33.0. The van der Waals surface area contributed by atoms with Gasteiger partial charge in [-0.2, -0.15) is 0 Å². The van der Waals surface area contributed by atoms with Crippen molar-refractivity contribution in [2.24, 2.45) is 5.73 Å². The molecule has 3 heteroatoms. The fourth-order valence-electron chi connectivity index (χ4n) is 5.68. The molecule has 0 aliphatic carbocycles. The fourth-order valence-corrected chi connectivity index (χ4v) is 5.68.